The van der Waals surface area contributed by atoms with Crippen LogP contribution in [0.15, 0.2) is 46.1 Å². The van der Waals surface area contributed by atoms with Crippen LogP contribution in [0.2, 0.25) is 0 Å². The molecular formula is C16H23ClO. The smallest absolute Gasteiger partial charge is 0.160 e. The van der Waals surface area contributed by atoms with Gasteiger partial charge in [0, 0.05) is 10.6 Å². The van der Waals surface area contributed by atoms with Gasteiger partial charge in [0.25, 0.3) is 0 Å². The van der Waals surface area contributed by atoms with Gasteiger partial charge in [-0.25, -0.2) is 0 Å². The van der Waals surface area contributed by atoms with E-state index < -0.39 is 0 Å². The first-order valence-electron chi connectivity index (χ1n) is 6.46. The number of Topliss-reactive ketones (excluding diaryl/α,β-unsaturated/α-hetero) is 1. The molecule has 100 valence electrons. The molecule has 0 aromatic rings. The number of rotatable bonds is 3. The maximum atomic E-state index is 11.5. The number of carbonyl (C=O) groups excluding carboxylic acids is 1. The van der Waals surface area contributed by atoms with Crippen molar-refractivity contribution in [1.82, 2.24) is 0 Å². The summed E-state index contributed by atoms with van der Waals surface area (Å²) >= 11 is 5.91. The van der Waals surface area contributed by atoms with Crippen molar-refractivity contribution in [2.45, 2.75) is 47.5 Å². The normalized spacial score (nSPS) is 16.3. The molecule has 1 nitrogen and oxygen atoms in total. The average molecular weight is 267 g/mol. The number of halogens is 1. The second-order valence-corrected chi connectivity index (χ2v) is 4.39. The summed E-state index contributed by atoms with van der Waals surface area (Å²) in [5, 5.41) is 0.881. The molecule has 0 spiro atoms. The molecule has 0 aromatic carbocycles. The molecule has 1 aliphatic rings. The molecule has 0 fully saturated rings. The van der Waals surface area contributed by atoms with Crippen molar-refractivity contribution in [3.8, 4) is 0 Å². The first-order valence-corrected chi connectivity index (χ1v) is 6.84. The van der Waals surface area contributed by atoms with Gasteiger partial charge in [-0.15, -0.1) is 0 Å². The van der Waals surface area contributed by atoms with Crippen molar-refractivity contribution in [3.05, 3.63) is 46.1 Å². The van der Waals surface area contributed by atoms with Gasteiger partial charge in [0.2, 0.25) is 0 Å². The van der Waals surface area contributed by atoms with Crippen LogP contribution in [0.3, 0.4) is 0 Å². The summed E-state index contributed by atoms with van der Waals surface area (Å²) in [4.78, 5) is 11.5. The standard InChI is InChI=1S/C14H17ClO.C2H6/c1-4-5-14(11(3)16)10(2)12-6-8-13(15)9-7-12;1-2/h4-6,8H,7,9H2,1-3H3;1-2H3/b5-4-,14-10-;. The molecule has 18 heavy (non-hydrogen) atoms. The largest absolute Gasteiger partial charge is 0.295 e. The summed E-state index contributed by atoms with van der Waals surface area (Å²) in [7, 11) is 0. The average Bonchev–Trinajstić information content (AvgIpc) is 2.38. The van der Waals surface area contributed by atoms with Gasteiger partial charge in [0.05, 0.1) is 0 Å². The van der Waals surface area contributed by atoms with Gasteiger partial charge in [-0.2, -0.15) is 0 Å². The summed E-state index contributed by atoms with van der Waals surface area (Å²) in [5.41, 5.74) is 3.05. The second kappa shape index (κ2) is 8.93. The highest BCUT2D eigenvalue weighted by molar-refractivity contribution is 6.29. The van der Waals surface area contributed by atoms with E-state index in [1.54, 1.807) is 6.92 Å². The quantitative estimate of drug-likeness (QED) is 0.498. The zero-order valence-electron chi connectivity index (χ0n) is 12.0. The van der Waals surface area contributed by atoms with E-state index in [1.165, 1.54) is 5.57 Å². The molecule has 0 aliphatic heterocycles. The highest BCUT2D eigenvalue weighted by atomic mass is 35.5. The van der Waals surface area contributed by atoms with Crippen LogP contribution in [0.25, 0.3) is 0 Å². The van der Waals surface area contributed by atoms with Crippen LogP contribution in [-0.4, -0.2) is 5.78 Å². The molecule has 1 rings (SSSR count). The van der Waals surface area contributed by atoms with Crippen LogP contribution in [0.5, 0.6) is 0 Å². The molecule has 0 aromatic heterocycles. The Kier molecular flexibility index (Phi) is 8.40. The minimum atomic E-state index is 0.108. The van der Waals surface area contributed by atoms with Crippen molar-refractivity contribution in [2.75, 3.05) is 0 Å². The molecule has 0 unspecified atom stereocenters. The minimum absolute atomic E-state index is 0.108. The summed E-state index contributed by atoms with van der Waals surface area (Å²) in [5.74, 6) is 0.108. The lowest BCUT2D eigenvalue weighted by Gasteiger charge is -2.13. The number of carbonyl (C=O) groups is 1. The van der Waals surface area contributed by atoms with E-state index in [1.807, 2.05) is 52.0 Å². The van der Waals surface area contributed by atoms with Crippen LogP contribution < -0.4 is 0 Å². The molecule has 0 bridgehead atoms. The van der Waals surface area contributed by atoms with Crippen molar-refractivity contribution in [2.24, 2.45) is 0 Å². The van der Waals surface area contributed by atoms with Crippen molar-refractivity contribution >= 4 is 17.4 Å². The predicted molar refractivity (Wildman–Crippen MR) is 80.8 cm³/mol. The van der Waals surface area contributed by atoms with Gasteiger partial charge < -0.3 is 0 Å². The fraction of sp³-hybridized carbons (Fsp3) is 0.438. The third-order valence-electron chi connectivity index (χ3n) is 2.70. The van der Waals surface area contributed by atoms with E-state index in [4.69, 9.17) is 11.6 Å². The summed E-state index contributed by atoms with van der Waals surface area (Å²) in [6, 6.07) is 0. The molecule has 0 heterocycles. The van der Waals surface area contributed by atoms with E-state index in [9.17, 15) is 4.79 Å². The van der Waals surface area contributed by atoms with E-state index in [0.29, 0.717) is 0 Å². The number of allylic oxidation sites excluding steroid dienone is 8. The first-order chi connectivity index (χ1) is 8.56. The molecule has 0 radical (unpaired) electrons. The SMILES string of the molecule is C/C=C\C(C(C)=O)=C(/C)C1=CC=C(Cl)CC1.CC. The number of hydrogen-bond donors (Lipinski definition) is 0. The molecule has 0 saturated heterocycles. The second-order valence-electron chi connectivity index (χ2n) is 3.90. The predicted octanol–water partition coefficient (Wildman–Crippen LogP) is 5.34. The number of ketones is 1. The Morgan fingerprint density at radius 3 is 2.22 bits per heavy atom. The lowest BCUT2D eigenvalue weighted by molar-refractivity contribution is -0.113. The topological polar surface area (TPSA) is 17.1 Å². The van der Waals surface area contributed by atoms with Gasteiger partial charge in [-0.1, -0.05) is 43.7 Å². The van der Waals surface area contributed by atoms with Crippen LogP contribution in [0.4, 0.5) is 0 Å². The van der Waals surface area contributed by atoms with Gasteiger partial charge in [-0.3, -0.25) is 4.79 Å². The fourth-order valence-electron chi connectivity index (χ4n) is 1.77. The highest BCUT2D eigenvalue weighted by Gasteiger charge is 2.11. The Labute approximate surface area is 116 Å². The molecule has 0 atom stereocenters. The van der Waals surface area contributed by atoms with E-state index in [2.05, 4.69) is 0 Å². The molecule has 2 heteroatoms. The monoisotopic (exact) mass is 266 g/mol. The lowest BCUT2D eigenvalue weighted by Crippen LogP contribution is -2.01. The Bertz CT molecular complexity index is 409. The summed E-state index contributed by atoms with van der Waals surface area (Å²) < 4.78 is 0. The van der Waals surface area contributed by atoms with E-state index >= 15 is 0 Å². The maximum Gasteiger partial charge on any atom is 0.160 e. The molecule has 0 N–H and O–H groups in total. The Balaban J connectivity index is 0.00000137. The van der Waals surface area contributed by atoms with Gasteiger partial charge in [-0.05, 0) is 50.8 Å². The molecular weight excluding hydrogens is 244 g/mol. The van der Waals surface area contributed by atoms with Gasteiger partial charge in [0.1, 0.15) is 0 Å². The minimum Gasteiger partial charge on any atom is -0.295 e. The Morgan fingerprint density at radius 1 is 1.22 bits per heavy atom. The molecule has 0 saturated carbocycles. The van der Waals surface area contributed by atoms with Crippen LogP contribution >= 0.6 is 11.6 Å². The number of hydrogen-bond acceptors (Lipinski definition) is 1. The van der Waals surface area contributed by atoms with Crippen molar-refractivity contribution in [3.63, 3.8) is 0 Å². The van der Waals surface area contributed by atoms with Crippen LogP contribution in [0.1, 0.15) is 47.5 Å². The zero-order valence-corrected chi connectivity index (χ0v) is 12.8. The van der Waals surface area contributed by atoms with E-state index in [0.717, 1.165) is 29.0 Å². The Hall–Kier alpha value is -1.08. The van der Waals surface area contributed by atoms with Gasteiger partial charge >= 0.3 is 0 Å². The Morgan fingerprint density at radius 2 is 1.83 bits per heavy atom. The van der Waals surface area contributed by atoms with Crippen LogP contribution in [0, 0.1) is 0 Å². The third-order valence-corrected chi connectivity index (χ3v) is 3.01. The molecule has 0 amide bonds. The molecule has 1 aliphatic carbocycles. The summed E-state index contributed by atoms with van der Waals surface area (Å²) in [6.45, 7) is 9.52. The first kappa shape index (κ1) is 16.9. The third kappa shape index (κ3) is 5.05. The fourth-order valence-corrected chi connectivity index (χ4v) is 1.93. The lowest BCUT2D eigenvalue weighted by atomic mass is 9.93. The van der Waals surface area contributed by atoms with E-state index in [-0.39, 0.29) is 5.78 Å². The van der Waals surface area contributed by atoms with Crippen LogP contribution in [-0.2, 0) is 4.79 Å². The van der Waals surface area contributed by atoms with Crippen molar-refractivity contribution < 1.29 is 4.79 Å². The van der Waals surface area contributed by atoms with Crippen molar-refractivity contribution in [1.29, 1.82) is 0 Å². The summed E-state index contributed by atoms with van der Waals surface area (Å²) in [6.07, 6.45) is 9.47. The maximum absolute atomic E-state index is 11.5. The zero-order chi connectivity index (χ0) is 14.1. The highest BCUT2D eigenvalue weighted by Crippen LogP contribution is 2.27. The van der Waals surface area contributed by atoms with Gasteiger partial charge in [0.15, 0.2) is 5.78 Å².